The van der Waals surface area contributed by atoms with Crippen molar-refractivity contribution in [2.24, 2.45) is 20.5 Å². The van der Waals surface area contributed by atoms with Gasteiger partial charge < -0.3 is 15.3 Å². The molecule has 0 saturated heterocycles. The molecular formula is C32H25CrN10O11S+2. The molecule has 2 heterocycles. The van der Waals surface area contributed by atoms with Crippen LogP contribution in [-0.2, 0) is 27.5 Å². The maximum atomic E-state index is 12.6. The van der Waals surface area contributed by atoms with Crippen molar-refractivity contribution in [2.75, 3.05) is 0 Å². The minimum absolute atomic E-state index is 0. The second-order valence-corrected chi connectivity index (χ2v) is 12.3. The molecule has 4 aromatic carbocycles. The maximum absolute atomic E-state index is 12.6. The van der Waals surface area contributed by atoms with E-state index < -0.39 is 59.2 Å². The predicted molar refractivity (Wildman–Crippen MR) is 186 cm³/mol. The van der Waals surface area contributed by atoms with Crippen LogP contribution in [0.2, 0.25) is 0 Å². The molecule has 279 valence electrons. The van der Waals surface area contributed by atoms with E-state index in [1.54, 1.807) is 61.5 Å². The first-order valence-electron chi connectivity index (χ1n) is 15.1. The maximum Gasteiger partial charge on any atom is 3.00 e. The third-order valence-corrected chi connectivity index (χ3v) is 8.15. The van der Waals surface area contributed by atoms with Gasteiger partial charge in [-0.25, -0.2) is 9.36 Å². The summed E-state index contributed by atoms with van der Waals surface area (Å²) in [5.41, 5.74) is -0.396. The molecule has 0 saturated carbocycles. The van der Waals surface area contributed by atoms with Crippen LogP contribution < -0.4 is 15.8 Å². The molecule has 6 rings (SSSR count). The van der Waals surface area contributed by atoms with Crippen LogP contribution in [0.1, 0.15) is 11.4 Å². The van der Waals surface area contributed by atoms with Crippen LogP contribution in [-0.4, -0.2) is 47.5 Å². The van der Waals surface area contributed by atoms with Gasteiger partial charge in [-0.15, -0.1) is 15.3 Å². The topological polar surface area (TPSA) is 315 Å². The molecular weight excluding hydrogens is 784 g/mol. The fraction of sp³-hybridized carbons (Fsp3) is 0.0625. The third kappa shape index (κ3) is 9.12. The molecule has 55 heavy (non-hydrogen) atoms. The average Bonchev–Trinajstić information content (AvgIpc) is 3.59. The summed E-state index contributed by atoms with van der Waals surface area (Å²) in [6.07, 6.45) is 0. The molecule has 4 N–H and O–H groups in total. The zero-order valence-corrected chi connectivity index (χ0v) is 30.2. The summed E-state index contributed by atoms with van der Waals surface area (Å²) in [6, 6.07) is 21.9. The summed E-state index contributed by atoms with van der Waals surface area (Å²) >= 11 is 0. The van der Waals surface area contributed by atoms with Gasteiger partial charge in [0, 0.05) is 24.1 Å². The third-order valence-electron chi connectivity index (χ3n) is 7.27. The molecule has 0 aliphatic heterocycles. The zero-order chi connectivity index (χ0) is 39.3. The molecule has 0 unspecified atom stereocenters. The molecule has 6 aromatic rings. The second-order valence-electron chi connectivity index (χ2n) is 10.9. The van der Waals surface area contributed by atoms with Crippen molar-refractivity contribution < 1.29 is 55.5 Å². The number of nitrogens with zero attached hydrogens (tertiary/aromatic N) is 9. The number of H-pyrrole nitrogens is 1. The molecule has 0 aliphatic rings. The van der Waals surface area contributed by atoms with Gasteiger partial charge >= 0.3 is 33.2 Å². The Labute approximate surface area is 319 Å². The Morgan fingerprint density at radius 2 is 1.35 bits per heavy atom. The first-order chi connectivity index (χ1) is 25.6. The summed E-state index contributed by atoms with van der Waals surface area (Å²) in [5, 5.41) is 75.8. The van der Waals surface area contributed by atoms with Crippen LogP contribution in [0.5, 0.6) is 17.4 Å². The van der Waals surface area contributed by atoms with E-state index in [1.165, 1.54) is 17.7 Å². The average molecular weight is 810 g/mol. The van der Waals surface area contributed by atoms with Crippen molar-refractivity contribution in [1.29, 1.82) is 0 Å². The molecule has 0 spiro atoms. The molecule has 23 heteroatoms. The number of aromatic nitrogens is 4. The van der Waals surface area contributed by atoms with Crippen LogP contribution in [0, 0.1) is 34.1 Å². The van der Waals surface area contributed by atoms with Crippen molar-refractivity contribution in [3.05, 3.63) is 133 Å². The molecule has 0 atom stereocenters. The number of azo groups is 2. The molecule has 1 radical (unpaired) electrons. The Morgan fingerprint density at radius 1 is 0.782 bits per heavy atom. The quantitative estimate of drug-likeness (QED) is 0.0634. The first-order valence-corrected chi connectivity index (χ1v) is 16.5. The van der Waals surface area contributed by atoms with E-state index in [9.17, 15) is 48.2 Å². The van der Waals surface area contributed by atoms with Crippen LogP contribution in [0.15, 0.2) is 121 Å². The van der Waals surface area contributed by atoms with Crippen molar-refractivity contribution in [3.8, 4) is 28.8 Å². The number of rotatable bonds is 9. The zero-order valence-electron chi connectivity index (χ0n) is 28.1. The van der Waals surface area contributed by atoms with Gasteiger partial charge in [-0.2, -0.15) is 18.6 Å². The monoisotopic (exact) mass is 809 g/mol. The minimum atomic E-state index is -4.92. The summed E-state index contributed by atoms with van der Waals surface area (Å²) < 4.78 is 34.4. The van der Waals surface area contributed by atoms with Gasteiger partial charge in [0.05, 0.1) is 44.4 Å². The standard InChI is InChI=1S/C16H13N5O7S.C16H13N5O4.Cr/c1-9-14(16(23)20(19-9)10-5-3-2-4-6-10)18-17-12-7-11(21(24)25)8-13(15(12)22)29(26,27)28;1-10-15(16(23)20(19-10)11-5-3-2-4-6-11)18-17-13-8-7-12(21(24)25)9-14(13)22;/h2-8,22-23H,1H3,(H,26,27,28);2-9,19,22H,1H3;/q;;+3/p-1. The van der Waals surface area contributed by atoms with Gasteiger partial charge in [0.15, 0.2) is 16.3 Å². The molecule has 21 nitrogen and oxygen atoms in total. The van der Waals surface area contributed by atoms with Crippen LogP contribution >= 0.6 is 0 Å². The van der Waals surface area contributed by atoms with Crippen LogP contribution in [0.3, 0.4) is 0 Å². The van der Waals surface area contributed by atoms with Crippen molar-refractivity contribution in [3.63, 3.8) is 0 Å². The fourth-order valence-electron chi connectivity index (χ4n) is 4.65. The van der Waals surface area contributed by atoms with E-state index in [4.69, 9.17) is 5.11 Å². The van der Waals surface area contributed by atoms with Crippen LogP contribution in [0.4, 0.5) is 34.1 Å². The number of nitro benzene ring substituents is 2. The molecule has 0 fully saturated rings. The summed E-state index contributed by atoms with van der Waals surface area (Å²) in [4.78, 5) is 31.5. The van der Waals surface area contributed by atoms with E-state index in [-0.39, 0.29) is 45.8 Å². The van der Waals surface area contributed by atoms with E-state index in [2.05, 4.69) is 30.7 Å². The Kier molecular flexibility index (Phi) is 12.4. The smallest absolute Gasteiger partial charge is 0.871 e. The SMILES string of the molecule is Cc1[nH]n(-c2ccccc2)c(=O)c1N=Nc1ccc([N+](=O)[O-])cc1[O-].Cc1nn(-c2ccccc2)c([O-])c1N=Nc1cc([N+](=O)[O-])cc(S(=O)(=O)O)c1[OH2+].[Cr+3]. The van der Waals surface area contributed by atoms with Crippen molar-refractivity contribution in [1.82, 2.24) is 19.6 Å². The number of aromatic amines is 1. The number of nitrogens with one attached hydrogen (secondary N) is 1. The number of hydrogen-bond donors (Lipinski definition) is 2. The van der Waals surface area contributed by atoms with E-state index in [0.29, 0.717) is 23.1 Å². The fourth-order valence-corrected chi connectivity index (χ4v) is 5.28. The number of nitro groups is 2. The van der Waals surface area contributed by atoms with Gasteiger partial charge in [0.25, 0.3) is 16.9 Å². The molecule has 2 aromatic heterocycles. The van der Waals surface area contributed by atoms with Gasteiger partial charge in [0.1, 0.15) is 5.69 Å². The predicted octanol–water partition coefficient (Wildman–Crippen LogP) is 5.13. The van der Waals surface area contributed by atoms with Gasteiger partial charge in [-0.05, 0) is 44.2 Å². The van der Waals surface area contributed by atoms with E-state index >= 15 is 0 Å². The Bertz CT molecular complexity index is 2630. The van der Waals surface area contributed by atoms with Crippen molar-refractivity contribution in [2.45, 2.75) is 18.7 Å². The van der Waals surface area contributed by atoms with Gasteiger partial charge in [-0.3, -0.25) is 34.7 Å². The molecule has 0 amide bonds. The van der Waals surface area contributed by atoms with Gasteiger partial charge in [0.2, 0.25) is 0 Å². The van der Waals surface area contributed by atoms with Gasteiger partial charge in [-0.1, -0.05) is 42.1 Å². The minimum Gasteiger partial charge on any atom is -0.871 e. The molecule has 0 aliphatic carbocycles. The number of non-ortho nitro benzene ring substituents is 2. The molecule has 0 bridgehead atoms. The summed E-state index contributed by atoms with van der Waals surface area (Å²) in [6.45, 7) is 3.15. The van der Waals surface area contributed by atoms with E-state index in [1.807, 2.05) is 6.07 Å². The number of aryl methyl sites for hydroxylation is 2. The van der Waals surface area contributed by atoms with E-state index in [0.717, 1.165) is 22.9 Å². The summed E-state index contributed by atoms with van der Waals surface area (Å²) in [7, 11) is -4.92. The summed E-state index contributed by atoms with van der Waals surface area (Å²) in [5.74, 6) is -2.07. The normalized spacial score (nSPS) is 11.3. The van der Waals surface area contributed by atoms with Crippen LogP contribution in [0.25, 0.3) is 11.4 Å². The number of para-hydroxylation sites is 2. The number of benzene rings is 4. The Morgan fingerprint density at radius 3 is 1.91 bits per heavy atom. The Balaban J connectivity index is 0.000000243. The largest absolute Gasteiger partial charge is 3.00 e. The first kappa shape index (κ1) is 40.7. The number of hydrogen-bond acceptors (Lipinski definition) is 14. The van der Waals surface area contributed by atoms with Crippen molar-refractivity contribution >= 4 is 44.2 Å². The Hall–Kier alpha value is -7.06. The second kappa shape index (κ2) is 16.7.